The Labute approximate surface area is 156 Å². The van der Waals surface area contributed by atoms with Crippen molar-refractivity contribution in [3.05, 3.63) is 39.9 Å². The molecule has 0 aliphatic carbocycles. The maximum absolute atomic E-state index is 12.9. The molecule has 1 N–H and O–H groups in total. The summed E-state index contributed by atoms with van der Waals surface area (Å²) in [4.78, 5) is 49.7. The highest BCUT2D eigenvalue weighted by molar-refractivity contribution is 6.08. The van der Waals surface area contributed by atoms with E-state index in [1.54, 1.807) is 13.8 Å². The SMILES string of the molecule is CC(C)C[C@H](C(=O)O)N1C(=O)N(Cc2ccc([N+](=O)[O-])cc2)C(C)(C)C1=O. The average Bonchev–Trinajstić information content (AvgIpc) is 2.73. The molecule has 1 atom stereocenters. The number of carbonyl (C=O) groups excluding carboxylic acids is 2. The second-order valence-corrected chi connectivity index (χ2v) is 7.51. The molecule has 1 aliphatic rings. The van der Waals surface area contributed by atoms with Gasteiger partial charge in [0.25, 0.3) is 11.6 Å². The minimum absolute atomic E-state index is 0.0152. The molecule has 0 spiro atoms. The van der Waals surface area contributed by atoms with Crippen LogP contribution in [0.3, 0.4) is 0 Å². The summed E-state index contributed by atoms with van der Waals surface area (Å²) in [6, 6.07) is 3.76. The minimum Gasteiger partial charge on any atom is -0.480 e. The predicted molar refractivity (Wildman–Crippen MR) is 95.8 cm³/mol. The Morgan fingerprint density at radius 2 is 1.78 bits per heavy atom. The first kappa shape index (κ1) is 20.3. The number of aliphatic carboxylic acids is 1. The van der Waals surface area contributed by atoms with Crippen molar-refractivity contribution in [2.24, 2.45) is 5.92 Å². The molecule has 0 aromatic heterocycles. The lowest BCUT2D eigenvalue weighted by Gasteiger charge is -2.27. The summed E-state index contributed by atoms with van der Waals surface area (Å²) in [5.74, 6) is -1.81. The fourth-order valence-corrected chi connectivity index (χ4v) is 3.08. The van der Waals surface area contributed by atoms with Crippen LogP contribution < -0.4 is 0 Å². The number of nitro groups is 1. The highest BCUT2D eigenvalue weighted by atomic mass is 16.6. The summed E-state index contributed by atoms with van der Waals surface area (Å²) in [5.41, 5.74) is -0.692. The summed E-state index contributed by atoms with van der Waals surface area (Å²) in [5, 5.41) is 20.3. The van der Waals surface area contributed by atoms with E-state index in [1.165, 1.54) is 29.2 Å². The number of urea groups is 1. The molecule has 9 heteroatoms. The van der Waals surface area contributed by atoms with E-state index in [1.807, 2.05) is 13.8 Å². The van der Waals surface area contributed by atoms with E-state index in [0.29, 0.717) is 5.56 Å². The van der Waals surface area contributed by atoms with Crippen LogP contribution in [0.4, 0.5) is 10.5 Å². The topological polar surface area (TPSA) is 121 Å². The molecule has 0 saturated carbocycles. The predicted octanol–water partition coefficient (Wildman–Crippen LogP) is 2.64. The molecule has 0 radical (unpaired) electrons. The van der Waals surface area contributed by atoms with Crippen molar-refractivity contribution in [1.29, 1.82) is 0 Å². The molecule has 27 heavy (non-hydrogen) atoms. The summed E-state index contributed by atoms with van der Waals surface area (Å²) in [7, 11) is 0. The van der Waals surface area contributed by atoms with Gasteiger partial charge in [0.2, 0.25) is 0 Å². The van der Waals surface area contributed by atoms with E-state index >= 15 is 0 Å². The van der Waals surface area contributed by atoms with Gasteiger partial charge in [0.1, 0.15) is 11.6 Å². The lowest BCUT2D eigenvalue weighted by molar-refractivity contribution is -0.384. The summed E-state index contributed by atoms with van der Waals surface area (Å²) >= 11 is 0. The van der Waals surface area contributed by atoms with E-state index in [-0.39, 0.29) is 24.6 Å². The van der Waals surface area contributed by atoms with Crippen molar-refractivity contribution in [2.75, 3.05) is 0 Å². The third-order valence-electron chi connectivity index (χ3n) is 4.63. The molecule has 1 aliphatic heterocycles. The number of carboxylic acid groups (broad SMARTS) is 1. The van der Waals surface area contributed by atoms with Gasteiger partial charge in [0.15, 0.2) is 0 Å². The van der Waals surface area contributed by atoms with Crippen molar-refractivity contribution in [2.45, 2.75) is 52.2 Å². The van der Waals surface area contributed by atoms with Crippen LogP contribution in [0.25, 0.3) is 0 Å². The Kier molecular flexibility index (Phi) is 5.53. The fourth-order valence-electron chi connectivity index (χ4n) is 3.08. The number of imide groups is 1. The largest absolute Gasteiger partial charge is 0.480 e. The Morgan fingerprint density at radius 3 is 2.22 bits per heavy atom. The highest BCUT2D eigenvalue weighted by Gasteiger charge is 2.54. The molecule has 146 valence electrons. The monoisotopic (exact) mass is 377 g/mol. The van der Waals surface area contributed by atoms with Gasteiger partial charge in [-0.3, -0.25) is 14.9 Å². The van der Waals surface area contributed by atoms with Gasteiger partial charge in [-0.1, -0.05) is 26.0 Å². The summed E-state index contributed by atoms with van der Waals surface area (Å²) in [6.07, 6.45) is 0.161. The number of nitro benzene ring substituents is 1. The van der Waals surface area contributed by atoms with E-state index in [4.69, 9.17) is 0 Å². The molecule has 1 saturated heterocycles. The maximum atomic E-state index is 12.9. The number of nitrogens with zero attached hydrogens (tertiary/aromatic N) is 3. The highest BCUT2D eigenvalue weighted by Crippen LogP contribution is 2.32. The van der Waals surface area contributed by atoms with Crippen LogP contribution in [0.15, 0.2) is 24.3 Å². The number of hydrogen-bond donors (Lipinski definition) is 1. The van der Waals surface area contributed by atoms with E-state index in [2.05, 4.69) is 0 Å². The number of carbonyl (C=O) groups is 3. The first-order valence-electron chi connectivity index (χ1n) is 8.58. The van der Waals surface area contributed by atoms with Crippen LogP contribution in [0.1, 0.15) is 39.7 Å². The summed E-state index contributed by atoms with van der Waals surface area (Å²) < 4.78 is 0. The Hall–Kier alpha value is -2.97. The van der Waals surface area contributed by atoms with Gasteiger partial charge in [-0.15, -0.1) is 0 Å². The number of hydrogen-bond acceptors (Lipinski definition) is 5. The zero-order valence-corrected chi connectivity index (χ0v) is 15.7. The van der Waals surface area contributed by atoms with Gasteiger partial charge in [-0.25, -0.2) is 14.5 Å². The fraction of sp³-hybridized carbons (Fsp3) is 0.500. The zero-order valence-electron chi connectivity index (χ0n) is 15.7. The molecule has 9 nitrogen and oxygen atoms in total. The van der Waals surface area contributed by atoms with Crippen LogP contribution in [-0.2, 0) is 16.1 Å². The van der Waals surface area contributed by atoms with Gasteiger partial charge in [0, 0.05) is 18.7 Å². The number of rotatable bonds is 7. The molecule has 1 heterocycles. The zero-order chi connectivity index (χ0) is 20.5. The first-order valence-corrected chi connectivity index (χ1v) is 8.58. The quantitative estimate of drug-likeness (QED) is 0.443. The molecule has 1 aromatic rings. The Bertz CT molecular complexity index is 772. The van der Waals surface area contributed by atoms with Crippen LogP contribution in [-0.4, -0.2) is 49.3 Å². The van der Waals surface area contributed by atoms with Gasteiger partial charge >= 0.3 is 12.0 Å². The minimum atomic E-state index is -1.23. The molecule has 0 bridgehead atoms. The van der Waals surface area contributed by atoms with Crippen LogP contribution >= 0.6 is 0 Å². The molecule has 3 amide bonds. The van der Waals surface area contributed by atoms with Crippen LogP contribution in [0.5, 0.6) is 0 Å². The van der Waals surface area contributed by atoms with Crippen molar-refractivity contribution in [3.8, 4) is 0 Å². The van der Waals surface area contributed by atoms with E-state index in [0.717, 1.165) is 4.90 Å². The van der Waals surface area contributed by atoms with Crippen molar-refractivity contribution in [1.82, 2.24) is 9.80 Å². The number of benzene rings is 1. The Morgan fingerprint density at radius 1 is 1.22 bits per heavy atom. The van der Waals surface area contributed by atoms with E-state index < -0.39 is 34.4 Å². The third kappa shape index (κ3) is 3.91. The Balaban J connectivity index is 2.32. The summed E-state index contributed by atoms with van der Waals surface area (Å²) in [6.45, 7) is 6.81. The van der Waals surface area contributed by atoms with Crippen LogP contribution in [0.2, 0.25) is 0 Å². The molecule has 0 unspecified atom stereocenters. The second-order valence-electron chi connectivity index (χ2n) is 7.51. The smallest absolute Gasteiger partial charge is 0.328 e. The van der Waals surface area contributed by atoms with Gasteiger partial charge in [-0.2, -0.15) is 0 Å². The normalized spacial score (nSPS) is 17.5. The van der Waals surface area contributed by atoms with Gasteiger partial charge < -0.3 is 10.0 Å². The third-order valence-corrected chi connectivity index (χ3v) is 4.63. The average molecular weight is 377 g/mol. The van der Waals surface area contributed by atoms with E-state index in [9.17, 15) is 29.6 Å². The molecule has 1 aromatic carbocycles. The van der Waals surface area contributed by atoms with Crippen molar-refractivity contribution in [3.63, 3.8) is 0 Å². The standard InChI is InChI=1S/C18H23N3O6/c1-11(2)9-14(15(22)23)20-16(24)18(3,4)19(17(20)25)10-12-5-7-13(8-6-12)21(26)27/h5-8,11,14H,9-10H2,1-4H3,(H,22,23)/t14-/m1/s1. The molecular weight excluding hydrogens is 354 g/mol. The second kappa shape index (κ2) is 7.34. The molecular formula is C18H23N3O6. The maximum Gasteiger partial charge on any atom is 0.328 e. The molecule has 1 fully saturated rings. The van der Waals surface area contributed by atoms with Gasteiger partial charge in [-0.05, 0) is 31.7 Å². The van der Waals surface area contributed by atoms with Gasteiger partial charge in [0.05, 0.1) is 4.92 Å². The lowest BCUT2D eigenvalue weighted by atomic mass is 10.00. The number of amides is 3. The van der Waals surface area contributed by atoms with Crippen molar-refractivity contribution < 1.29 is 24.4 Å². The van der Waals surface area contributed by atoms with Crippen LogP contribution in [0, 0.1) is 16.0 Å². The lowest BCUT2D eigenvalue weighted by Crippen LogP contribution is -2.47. The number of carboxylic acids is 1. The molecule has 2 rings (SSSR count). The van der Waals surface area contributed by atoms with Crippen molar-refractivity contribution >= 4 is 23.6 Å². The number of non-ortho nitro benzene ring substituents is 1. The first-order chi connectivity index (χ1) is 12.5.